The lowest BCUT2D eigenvalue weighted by atomic mass is 10.1. The molecule has 2 heterocycles. The van der Waals surface area contributed by atoms with Gasteiger partial charge in [0.15, 0.2) is 5.82 Å². The van der Waals surface area contributed by atoms with Crippen molar-refractivity contribution in [2.24, 2.45) is 13.0 Å². The van der Waals surface area contributed by atoms with Gasteiger partial charge in [0, 0.05) is 25.2 Å². The van der Waals surface area contributed by atoms with E-state index in [0.29, 0.717) is 11.3 Å². The van der Waals surface area contributed by atoms with Gasteiger partial charge in [0.05, 0.1) is 11.8 Å². The summed E-state index contributed by atoms with van der Waals surface area (Å²) in [5, 5.41) is 3.71. The van der Waals surface area contributed by atoms with Crippen LogP contribution >= 0.6 is 11.6 Å². The molecule has 1 aliphatic carbocycles. The molecule has 0 bridgehead atoms. The normalized spacial score (nSPS) is 23.7. The molecule has 1 N–H and O–H groups in total. The van der Waals surface area contributed by atoms with Gasteiger partial charge in [0.2, 0.25) is 0 Å². The summed E-state index contributed by atoms with van der Waals surface area (Å²) in [7, 11) is 1.99. The molecule has 0 radical (unpaired) electrons. The van der Waals surface area contributed by atoms with Crippen molar-refractivity contribution in [2.45, 2.75) is 24.6 Å². The van der Waals surface area contributed by atoms with Crippen LogP contribution in [-0.2, 0) is 7.05 Å². The van der Waals surface area contributed by atoms with Gasteiger partial charge in [-0.3, -0.25) is 0 Å². The topological polar surface area (TPSA) is 42.7 Å². The number of rotatable bonds is 3. The molecule has 1 fully saturated rings. The van der Waals surface area contributed by atoms with Crippen LogP contribution in [0, 0.1) is 5.92 Å². The monoisotopic (exact) mass is 264 g/mol. The van der Waals surface area contributed by atoms with Crippen molar-refractivity contribution in [2.75, 3.05) is 11.9 Å². The Bertz CT molecular complexity index is 551. The molecule has 1 aliphatic rings. The first kappa shape index (κ1) is 11.8. The minimum atomic E-state index is 0.306. The van der Waals surface area contributed by atoms with Crippen LogP contribution in [0.2, 0.25) is 0 Å². The van der Waals surface area contributed by atoms with Gasteiger partial charge in [-0.05, 0) is 24.8 Å². The lowest BCUT2D eigenvalue weighted by Crippen LogP contribution is -2.19. The highest BCUT2D eigenvalue weighted by molar-refractivity contribution is 6.21. The number of aromatic nitrogens is 3. The summed E-state index contributed by atoms with van der Waals surface area (Å²) in [5.74, 6) is 1.41. The Labute approximate surface area is 111 Å². The molecular formula is C13H17ClN4. The van der Waals surface area contributed by atoms with E-state index >= 15 is 0 Å². The molecule has 0 amide bonds. The number of aryl methyl sites for hydroxylation is 1. The second-order valence-corrected chi connectivity index (χ2v) is 5.53. The van der Waals surface area contributed by atoms with E-state index in [0.717, 1.165) is 29.8 Å². The fourth-order valence-corrected chi connectivity index (χ4v) is 3.01. The predicted octanol–water partition coefficient (Wildman–Crippen LogP) is 2.79. The zero-order valence-corrected chi connectivity index (χ0v) is 11.2. The third-order valence-electron chi connectivity index (χ3n) is 3.74. The van der Waals surface area contributed by atoms with E-state index < -0.39 is 0 Å². The highest BCUT2D eigenvalue weighted by Gasteiger charge is 2.25. The van der Waals surface area contributed by atoms with Crippen LogP contribution in [0.4, 0.5) is 5.82 Å². The third kappa shape index (κ3) is 2.05. The molecule has 2 aromatic heterocycles. The van der Waals surface area contributed by atoms with Crippen LogP contribution in [0.5, 0.6) is 0 Å². The zero-order chi connectivity index (χ0) is 12.5. The molecule has 2 unspecified atom stereocenters. The summed E-state index contributed by atoms with van der Waals surface area (Å²) in [6.07, 6.45) is 7.22. The van der Waals surface area contributed by atoms with Crippen molar-refractivity contribution in [3.63, 3.8) is 0 Å². The quantitative estimate of drug-likeness (QED) is 0.867. The SMILES string of the molecule is Cn1cnc2c(NCC3CCCC3Cl)nccc21. The molecule has 0 spiro atoms. The molecule has 1 saturated carbocycles. The summed E-state index contributed by atoms with van der Waals surface area (Å²) < 4.78 is 2.00. The Kier molecular flexibility index (Phi) is 3.12. The summed E-state index contributed by atoms with van der Waals surface area (Å²) in [6.45, 7) is 0.886. The Balaban J connectivity index is 1.78. The number of fused-ring (bicyclic) bond motifs is 1. The molecule has 3 rings (SSSR count). The van der Waals surface area contributed by atoms with Gasteiger partial charge in [0.1, 0.15) is 5.52 Å². The number of alkyl halides is 1. The number of nitrogens with one attached hydrogen (secondary N) is 1. The van der Waals surface area contributed by atoms with Crippen LogP contribution in [0.3, 0.4) is 0 Å². The maximum absolute atomic E-state index is 6.29. The van der Waals surface area contributed by atoms with E-state index in [2.05, 4.69) is 15.3 Å². The second kappa shape index (κ2) is 4.76. The second-order valence-electron chi connectivity index (χ2n) is 4.97. The number of pyridine rings is 1. The van der Waals surface area contributed by atoms with E-state index in [1.54, 1.807) is 0 Å². The van der Waals surface area contributed by atoms with E-state index in [1.807, 2.05) is 30.2 Å². The molecule has 2 aromatic rings. The minimum Gasteiger partial charge on any atom is -0.368 e. The maximum Gasteiger partial charge on any atom is 0.154 e. The number of imidazole rings is 1. The molecule has 4 nitrogen and oxygen atoms in total. The maximum atomic E-state index is 6.29. The molecule has 18 heavy (non-hydrogen) atoms. The van der Waals surface area contributed by atoms with Crippen LogP contribution < -0.4 is 5.32 Å². The average molecular weight is 265 g/mol. The van der Waals surface area contributed by atoms with Gasteiger partial charge >= 0.3 is 0 Å². The molecular weight excluding hydrogens is 248 g/mol. The molecule has 2 atom stereocenters. The Morgan fingerprint density at radius 3 is 3.11 bits per heavy atom. The van der Waals surface area contributed by atoms with Gasteiger partial charge < -0.3 is 9.88 Å². The minimum absolute atomic E-state index is 0.306. The van der Waals surface area contributed by atoms with E-state index in [9.17, 15) is 0 Å². The Hall–Kier alpha value is -1.29. The van der Waals surface area contributed by atoms with Crippen LogP contribution in [0.15, 0.2) is 18.6 Å². The number of hydrogen-bond donors (Lipinski definition) is 1. The number of anilines is 1. The van der Waals surface area contributed by atoms with Gasteiger partial charge in [-0.15, -0.1) is 11.6 Å². The van der Waals surface area contributed by atoms with Gasteiger partial charge in [-0.2, -0.15) is 0 Å². The first-order chi connectivity index (χ1) is 8.75. The zero-order valence-electron chi connectivity index (χ0n) is 10.4. The molecule has 5 heteroatoms. The van der Waals surface area contributed by atoms with Crippen molar-refractivity contribution in [3.8, 4) is 0 Å². The van der Waals surface area contributed by atoms with E-state index in [1.165, 1.54) is 12.8 Å². The molecule has 96 valence electrons. The number of nitrogens with zero attached hydrogens (tertiary/aromatic N) is 3. The molecule has 0 aliphatic heterocycles. The fraction of sp³-hybridized carbons (Fsp3) is 0.538. The first-order valence-corrected chi connectivity index (χ1v) is 6.83. The third-order valence-corrected chi connectivity index (χ3v) is 4.32. The first-order valence-electron chi connectivity index (χ1n) is 6.39. The number of hydrogen-bond acceptors (Lipinski definition) is 3. The van der Waals surface area contributed by atoms with Crippen LogP contribution in [0.25, 0.3) is 11.0 Å². The molecule has 0 saturated heterocycles. The van der Waals surface area contributed by atoms with Crippen LogP contribution in [-0.4, -0.2) is 26.5 Å². The summed E-state index contributed by atoms with van der Waals surface area (Å²) >= 11 is 6.29. The smallest absolute Gasteiger partial charge is 0.154 e. The Morgan fingerprint density at radius 2 is 2.33 bits per heavy atom. The van der Waals surface area contributed by atoms with Crippen LogP contribution in [0.1, 0.15) is 19.3 Å². The number of halogens is 1. The van der Waals surface area contributed by atoms with Gasteiger partial charge in [0.25, 0.3) is 0 Å². The lowest BCUT2D eigenvalue weighted by Gasteiger charge is -2.14. The van der Waals surface area contributed by atoms with Gasteiger partial charge in [-0.1, -0.05) is 6.42 Å². The van der Waals surface area contributed by atoms with E-state index in [-0.39, 0.29) is 0 Å². The summed E-state index contributed by atoms with van der Waals surface area (Å²) in [5.41, 5.74) is 2.03. The fourth-order valence-electron chi connectivity index (χ4n) is 2.64. The largest absolute Gasteiger partial charge is 0.368 e. The highest BCUT2D eigenvalue weighted by Crippen LogP contribution is 2.30. The van der Waals surface area contributed by atoms with Crippen molar-refractivity contribution >= 4 is 28.5 Å². The summed E-state index contributed by atoms with van der Waals surface area (Å²) in [6, 6.07) is 1.98. The lowest BCUT2D eigenvalue weighted by molar-refractivity contribution is 0.585. The predicted molar refractivity (Wildman–Crippen MR) is 74.0 cm³/mol. The van der Waals surface area contributed by atoms with Gasteiger partial charge in [-0.25, -0.2) is 9.97 Å². The molecule has 0 aromatic carbocycles. The Morgan fingerprint density at radius 1 is 1.44 bits per heavy atom. The van der Waals surface area contributed by atoms with Crippen molar-refractivity contribution in [1.29, 1.82) is 0 Å². The van der Waals surface area contributed by atoms with Crippen molar-refractivity contribution in [3.05, 3.63) is 18.6 Å². The standard InChI is InChI=1S/C13H17ClN4/c1-18-8-17-12-11(18)5-6-15-13(12)16-7-9-3-2-4-10(9)14/h5-6,8-10H,2-4,7H2,1H3,(H,15,16). The highest BCUT2D eigenvalue weighted by atomic mass is 35.5. The summed E-state index contributed by atoms with van der Waals surface area (Å²) in [4.78, 5) is 8.76. The van der Waals surface area contributed by atoms with Crippen molar-refractivity contribution in [1.82, 2.24) is 14.5 Å². The van der Waals surface area contributed by atoms with Crippen molar-refractivity contribution < 1.29 is 0 Å². The van der Waals surface area contributed by atoms with E-state index in [4.69, 9.17) is 11.6 Å². The average Bonchev–Trinajstić information content (AvgIpc) is 2.95.